The monoisotopic (exact) mass is 280 g/mol. The molecule has 0 radical (unpaired) electrons. The molecular weight excluding hydrogens is 263 g/mol. The Morgan fingerprint density at radius 3 is 2.62 bits per heavy atom. The van der Waals surface area contributed by atoms with E-state index in [1.54, 1.807) is 6.07 Å². The number of aryl methyl sites for hydroxylation is 1. The number of para-hydroxylation sites is 2. The van der Waals surface area contributed by atoms with Crippen LogP contribution in [0.15, 0.2) is 48.5 Å². The minimum Gasteiger partial charge on any atom is -0.363 e. The molecule has 0 saturated carbocycles. The highest BCUT2D eigenvalue weighted by Crippen LogP contribution is 2.32. The number of aromatic nitrogens is 1. The second-order valence-electron chi connectivity index (χ2n) is 5.62. The van der Waals surface area contributed by atoms with Gasteiger partial charge in [0.15, 0.2) is 0 Å². The molecule has 1 aliphatic rings. The summed E-state index contributed by atoms with van der Waals surface area (Å²) in [6, 6.07) is 15.5. The molecule has 0 spiro atoms. The number of halogens is 1. The minimum absolute atomic E-state index is 0.139. The fraction of sp³-hybridized carbons (Fsp3) is 0.222. The van der Waals surface area contributed by atoms with Gasteiger partial charge in [-0.15, -0.1) is 0 Å². The van der Waals surface area contributed by atoms with Crippen LogP contribution in [0.25, 0.3) is 10.9 Å². The van der Waals surface area contributed by atoms with Crippen LogP contribution in [0.5, 0.6) is 0 Å². The van der Waals surface area contributed by atoms with E-state index in [1.165, 1.54) is 28.2 Å². The molecule has 0 atom stereocenters. The van der Waals surface area contributed by atoms with E-state index in [9.17, 15) is 4.39 Å². The molecule has 0 amide bonds. The molecule has 1 aliphatic heterocycles. The van der Waals surface area contributed by atoms with Crippen molar-refractivity contribution < 1.29 is 4.39 Å². The molecule has 0 fully saturated rings. The minimum atomic E-state index is -0.139. The predicted octanol–water partition coefficient (Wildman–Crippen LogP) is 3.88. The molecule has 1 aromatic heterocycles. The summed E-state index contributed by atoms with van der Waals surface area (Å²) in [4.78, 5) is 2.14. The van der Waals surface area contributed by atoms with Crippen LogP contribution in [0.3, 0.4) is 0 Å². The molecule has 106 valence electrons. The number of nitrogens with zero attached hydrogens (tertiary/aromatic N) is 2. The highest BCUT2D eigenvalue weighted by atomic mass is 19.1. The predicted molar refractivity (Wildman–Crippen MR) is 84.1 cm³/mol. The van der Waals surface area contributed by atoms with Gasteiger partial charge in [-0.1, -0.05) is 30.3 Å². The molecular formula is C18H17FN2. The summed E-state index contributed by atoms with van der Waals surface area (Å²) in [5.41, 5.74) is 4.68. The molecule has 3 aromatic rings. The van der Waals surface area contributed by atoms with Crippen molar-refractivity contribution in [1.82, 2.24) is 4.57 Å². The second kappa shape index (κ2) is 4.62. The van der Waals surface area contributed by atoms with Gasteiger partial charge < -0.3 is 9.47 Å². The van der Waals surface area contributed by atoms with E-state index in [2.05, 4.69) is 40.8 Å². The molecule has 0 N–H and O–H groups in total. The van der Waals surface area contributed by atoms with Gasteiger partial charge in [-0.2, -0.15) is 0 Å². The third-order valence-electron chi connectivity index (χ3n) is 4.51. The van der Waals surface area contributed by atoms with Crippen LogP contribution in [-0.2, 0) is 20.0 Å². The summed E-state index contributed by atoms with van der Waals surface area (Å²) in [7, 11) is 2.10. The topological polar surface area (TPSA) is 8.17 Å². The molecule has 21 heavy (non-hydrogen) atoms. The first-order valence-electron chi connectivity index (χ1n) is 7.30. The molecule has 0 saturated heterocycles. The van der Waals surface area contributed by atoms with E-state index in [0.29, 0.717) is 5.69 Å². The Balaban J connectivity index is 1.80. The zero-order valence-corrected chi connectivity index (χ0v) is 12.0. The number of hydrogen-bond acceptors (Lipinski definition) is 1. The first-order valence-corrected chi connectivity index (χ1v) is 7.30. The zero-order valence-electron chi connectivity index (χ0n) is 12.0. The van der Waals surface area contributed by atoms with Gasteiger partial charge in [0.25, 0.3) is 0 Å². The van der Waals surface area contributed by atoms with Gasteiger partial charge in [0.05, 0.1) is 12.2 Å². The van der Waals surface area contributed by atoms with Gasteiger partial charge in [-0.3, -0.25) is 0 Å². The van der Waals surface area contributed by atoms with Crippen LogP contribution in [-0.4, -0.2) is 11.1 Å². The number of benzene rings is 2. The summed E-state index contributed by atoms with van der Waals surface area (Å²) in [6.07, 6.45) is 0.963. The summed E-state index contributed by atoms with van der Waals surface area (Å²) in [5, 5.41) is 1.34. The molecule has 2 nitrogen and oxygen atoms in total. The van der Waals surface area contributed by atoms with E-state index in [1.807, 2.05) is 12.1 Å². The fourth-order valence-corrected chi connectivity index (χ4v) is 3.43. The summed E-state index contributed by atoms with van der Waals surface area (Å²) >= 11 is 0. The van der Waals surface area contributed by atoms with Crippen LogP contribution < -0.4 is 4.90 Å². The molecule has 2 heterocycles. The number of fused-ring (bicyclic) bond motifs is 3. The summed E-state index contributed by atoms with van der Waals surface area (Å²) in [5.74, 6) is -0.139. The van der Waals surface area contributed by atoms with Crippen LogP contribution in [0.4, 0.5) is 10.1 Å². The Kier molecular flexibility index (Phi) is 2.74. The number of hydrogen-bond donors (Lipinski definition) is 0. The van der Waals surface area contributed by atoms with Gasteiger partial charge >= 0.3 is 0 Å². The van der Waals surface area contributed by atoms with E-state index >= 15 is 0 Å². The Hall–Kier alpha value is -2.29. The smallest absolute Gasteiger partial charge is 0.146 e. The maximum atomic E-state index is 14.0. The standard InChI is InChI=1S/C18H17FN2/c1-20-16-8-4-2-6-13(16)14-10-11-21(12-18(14)20)17-9-5-3-7-15(17)19/h2-9H,10-12H2,1H3. The lowest BCUT2D eigenvalue weighted by molar-refractivity contribution is 0.605. The second-order valence-corrected chi connectivity index (χ2v) is 5.62. The number of anilines is 1. The summed E-state index contributed by atoms with van der Waals surface area (Å²) in [6.45, 7) is 1.63. The first kappa shape index (κ1) is 12.5. The van der Waals surface area contributed by atoms with Crippen molar-refractivity contribution in [2.45, 2.75) is 13.0 Å². The highest BCUT2D eigenvalue weighted by Gasteiger charge is 2.23. The van der Waals surface area contributed by atoms with Crippen molar-refractivity contribution in [2.75, 3.05) is 11.4 Å². The van der Waals surface area contributed by atoms with E-state index in [0.717, 1.165) is 19.5 Å². The highest BCUT2D eigenvalue weighted by molar-refractivity contribution is 5.86. The van der Waals surface area contributed by atoms with Gasteiger partial charge in [0.2, 0.25) is 0 Å². The van der Waals surface area contributed by atoms with Crippen molar-refractivity contribution in [3.8, 4) is 0 Å². The average molecular weight is 280 g/mol. The van der Waals surface area contributed by atoms with Crippen LogP contribution in [0.2, 0.25) is 0 Å². The van der Waals surface area contributed by atoms with Crippen molar-refractivity contribution >= 4 is 16.6 Å². The average Bonchev–Trinajstić information content (AvgIpc) is 2.81. The van der Waals surface area contributed by atoms with E-state index in [4.69, 9.17) is 0 Å². The Morgan fingerprint density at radius 1 is 1.00 bits per heavy atom. The molecule has 4 rings (SSSR count). The lowest BCUT2D eigenvalue weighted by Gasteiger charge is -2.30. The van der Waals surface area contributed by atoms with Crippen molar-refractivity contribution in [1.29, 1.82) is 0 Å². The third kappa shape index (κ3) is 1.84. The van der Waals surface area contributed by atoms with Crippen LogP contribution in [0.1, 0.15) is 11.3 Å². The molecule has 0 bridgehead atoms. The lowest BCUT2D eigenvalue weighted by atomic mass is 10.0. The maximum Gasteiger partial charge on any atom is 0.146 e. The Morgan fingerprint density at radius 2 is 1.76 bits per heavy atom. The molecule has 0 unspecified atom stereocenters. The van der Waals surface area contributed by atoms with Crippen LogP contribution >= 0.6 is 0 Å². The van der Waals surface area contributed by atoms with Gasteiger partial charge in [0.1, 0.15) is 5.82 Å². The normalized spacial score (nSPS) is 14.5. The van der Waals surface area contributed by atoms with Gasteiger partial charge in [-0.25, -0.2) is 4.39 Å². The first-order chi connectivity index (χ1) is 10.3. The fourth-order valence-electron chi connectivity index (χ4n) is 3.43. The summed E-state index contributed by atoms with van der Waals surface area (Å²) < 4.78 is 16.3. The van der Waals surface area contributed by atoms with Crippen molar-refractivity contribution in [2.24, 2.45) is 7.05 Å². The zero-order chi connectivity index (χ0) is 14.4. The Labute approximate surface area is 123 Å². The SMILES string of the molecule is Cn1c2c(c3ccccc31)CCN(c1ccccc1F)C2. The quantitative estimate of drug-likeness (QED) is 0.656. The van der Waals surface area contributed by atoms with Crippen molar-refractivity contribution in [3.05, 3.63) is 65.6 Å². The van der Waals surface area contributed by atoms with E-state index in [-0.39, 0.29) is 5.82 Å². The third-order valence-corrected chi connectivity index (χ3v) is 4.51. The van der Waals surface area contributed by atoms with Crippen molar-refractivity contribution in [3.63, 3.8) is 0 Å². The maximum absolute atomic E-state index is 14.0. The van der Waals surface area contributed by atoms with E-state index < -0.39 is 0 Å². The Bertz CT molecular complexity index is 819. The lowest BCUT2D eigenvalue weighted by Crippen LogP contribution is -2.31. The number of rotatable bonds is 1. The molecule has 2 aromatic carbocycles. The molecule has 0 aliphatic carbocycles. The largest absolute Gasteiger partial charge is 0.363 e. The van der Waals surface area contributed by atoms with Crippen LogP contribution in [0, 0.1) is 5.82 Å². The van der Waals surface area contributed by atoms with Gasteiger partial charge in [-0.05, 0) is 30.2 Å². The molecule has 3 heteroatoms. The van der Waals surface area contributed by atoms with Gasteiger partial charge in [0, 0.05) is 30.2 Å².